The molecule has 1 N–H and O–H groups in total. The average Bonchev–Trinajstić information content (AvgIpc) is 2.34. The van der Waals surface area contributed by atoms with Crippen LogP contribution in [-0.2, 0) is 16.1 Å². The number of morpholine rings is 1. The minimum absolute atomic E-state index is 0.0879. The van der Waals surface area contributed by atoms with E-state index in [2.05, 4.69) is 0 Å². The molecule has 1 saturated heterocycles. The van der Waals surface area contributed by atoms with Gasteiger partial charge in [-0.1, -0.05) is 17.7 Å². The average molecular weight is 284 g/mol. The first kappa shape index (κ1) is 14.3. The molecule has 0 spiro atoms. The second-order valence-electron chi connectivity index (χ2n) is 4.98. The van der Waals surface area contributed by atoms with Gasteiger partial charge in [0.15, 0.2) is 0 Å². The maximum Gasteiger partial charge on any atom is 0.323 e. The van der Waals surface area contributed by atoms with Crippen molar-refractivity contribution in [3.63, 3.8) is 0 Å². The molecule has 1 aromatic carbocycles. The van der Waals surface area contributed by atoms with Gasteiger partial charge in [-0.25, -0.2) is 0 Å². The lowest BCUT2D eigenvalue weighted by atomic mass is 10.1. The van der Waals surface area contributed by atoms with Gasteiger partial charge in [0.25, 0.3) is 0 Å². The van der Waals surface area contributed by atoms with E-state index < -0.39 is 12.0 Å². The van der Waals surface area contributed by atoms with Crippen LogP contribution in [-0.4, -0.2) is 41.3 Å². The van der Waals surface area contributed by atoms with Gasteiger partial charge in [-0.2, -0.15) is 0 Å². The Balaban J connectivity index is 2.20. The predicted molar refractivity (Wildman–Crippen MR) is 73.4 cm³/mol. The highest BCUT2D eigenvalue weighted by Crippen LogP contribution is 2.21. The minimum Gasteiger partial charge on any atom is -0.480 e. The molecule has 2 rings (SSSR count). The van der Waals surface area contributed by atoms with E-state index in [1.54, 1.807) is 0 Å². The number of hydrogen-bond acceptors (Lipinski definition) is 3. The second kappa shape index (κ2) is 5.90. The zero-order valence-electron chi connectivity index (χ0n) is 11.1. The van der Waals surface area contributed by atoms with Crippen LogP contribution in [0, 0.1) is 6.92 Å². The molecular formula is C14H18ClNO3. The lowest BCUT2D eigenvalue weighted by Gasteiger charge is -2.38. The molecule has 19 heavy (non-hydrogen) atoms. The molecule has 4 nitrogen and oxygen atoms in total. The summed E-state index contributed by atoms with van der Waals surface area (Å²) in [5.74, 6) is -0.835. The molecule has 0 amide bonds. The van der Waals surface area contributed by atoms with Gasteiger partial charge in [0.1, 0.15) is 6.04 Å². The second-order valence-corrected chi connectivity index (χ2v) is 5.42. The van der Waals surface area contributed by atoms with Crippen LogP contribution in [0.5, 0.6) is 0 Å². The molecule has 0 bridgehead atoms. The molecule has 0 radical (unpaired) electrons. The van der Waals surface area contributed by atoms with E-state index in [0.717, 1.165) is 11.1 Å². The predicted octanol–water partition coefficient (Wildman–Crippen LogP) is 2.32. The Morgan fingerprint density at radius 3 is 2.89 bits per heavy atom. The molecule has 1 fully saturated rings. The molecule has 1 aliphatic heterocycles. The van der Waals surface area contributed by atoms with E-state index in [-0.39, 0.29) is 12.6 Å². The largest absolute Gasteiger partial charge is 0.480 e. The lowest BCUT2D eigenvalue weighted by molar-refractivity contribution is -0.153. The van der Waals surface area contributed by atoms with Gasteiger partial charge in [0.2, 0.25) is 0 Å². The summed E-state index contributed by atoms with van der Waals surface area (Å²) in [6, 6.07) is 5.20. The fourth-order valence-corrected chi connectivity index (χ4v) is 2.59. The number of aliphatic carboxylic acids is 1. The Bertz CT molecular complexity index is 478. The monoisotopic (exact) mass is 283 g/mol. The first-order valence-corrected chi connectivity index (χ1v) is 6.68. The van der Waals surface area contributed by atoms with Gasteiger partial charge < -0.3 is 9.84 Å². The van der Waals surface area contributed by atoms with E-state index in [1.165, 1.54) is 0 Å². The summed E-state index contributed by atoms with van der Waals surface area (Å²) in [4.78, 5) is 13.3. The number of benzene rings is 1. The van der Waals surface area contributed by atoms with Crippen LogP contribution >= 0.6 is 11.6 Å². The Morgan fingerprint density at radius 1 is 1.53 bits per heavy atom. The summed E-state index contributed by atoms with van der Waals surface area (Å²) >= 11 is 5.94. The van der Waals surface area contributed by atoms with E-state index in [1.807, 2.05) is 36.9 Å². The van der Waals surface area contributed by atoms with Crippen molar-refractivity contribution in [2.75, 3.05) is 13.2 Å². The maximum atomic E-state index is 11.3. The van der Waals surface area contributed by atoms with Gasteiger partial charge in [-0.05, 0) is 37.1 Å². The van der Waals surface area contributed by atoms with Crippen LogP contribution in [0.1, 0.15) is 18.1 Å². The van der Waals surface area contributed by atoms with Crippen molar-refractivity contribution < 1.29 is 14.6 Å². The number of carboxylic acids is 1. The number of rotatable bonds is 3. The number of halogens is 1. The quantitative estimate of drug-likeness (QED) is 0.925. The Morgan fingerprint density at radius 2 is 2.26 bits per heavy atom. The van der Waals surface area contributed by atoms with Crippen LogP contribution in [0.4, 0.5) is 0 Å². The standard InChI is InChI=1S/C14H18ClNO3/c1-9-5-12(15)4-3-11(9)6-16-10(2)7-19-8-13(16)14(17)18/h3-5,10,13H,6-8H2,1-2H3,(H,17,18)/t10-,13-/m1/s1. The molecule has 1 heterocycles. The maximum absolute atomic E-state index is 11.3. The lowest BCUT2D eigenvalue weighted by Crippen LogP contribution is -2.53. The van der Waals surface area contributed by atoms with Crippen LogP contribution in [0.25, 0.3) is 0 Å². The zero-order chi connectivity index (χ0) is 14.0. The summed E-state index contributed by atoms with van der Waals surface area (Å²) in [5, 5.41) is 9.98. The summed E-state index contributed by atoms with van der Waals surface area (Å²) in [6.07, 6.45) is 0. The number of aryl methyl sites for hydroxylation is 1. The fraction of sp³-hybridized carbons (Fsp3) is 0.500. The fourth-order valence-electron chi connectivity index (χ4n) is 2.36. The molecule has 0 saturated carbocycles. The Kier molecular flexibility index (Phi) is 4.45. The Hall–Kier alpha value is -1.10. The van der Waals surface area contributed by atoms with Gasteiger partial charge in [0.05, 0.1) is 13.2 Å². The van der Waals surface area contributed by atoms with Gasteiger partial charge in [-0.15, -0.1) is 0 Å². The van der Waals surface area contributed by atoms with Crippen molar-refractivity contribution in [2.45, 2.75) is 32.5 Å². The number of carbonyl (C=O) groups is 1. The highest BCUT2D eigenvalue weighted by atomic mass is 35.5. The van der Waals surface area contributed by atoms with E-state index in [4.69, 9.17) is 16.3 Å². The molecule has 104 valence electrons. The van der Waals surface area contributed by atoms with E-state index in [9.17, 15) is 9.90 Å². The van der Waals surface area contributed by atoms with Crippen molar-refractivity contribution in [3.8, 4) is 0 Å². The third-order valence-corrected chi connectivity index (χ3v) is 3.78. The van der Waals surface area contributed by atoms with Crippen molar-refractivity contribution in [1.29, 1.82) is 0 Å². The molecule has 1 aromatic rings. The molecular weight excluding hydrogens is 266 g/mol. The number of hydrogen-bond donors (Lipinski definition) is 1. The smallest absolute Gasteiger partial charge is 0.323 e. The molecule has 1 aliphatic rings. The van der Waals surface area contributed by atoms with Gasteiger partial charge in [0, 0.05) is 17.6 Å². The first-order valence-electron chi connectivity index (χ1n) is 6.30. The van der Waals surface area contributed by atoms with Crippen molar-refractivity contribution in [1.82, 2.24) is 4.90 Å². The first-order chi connectivity index (χ1) is 8.99. The third kappa shape index (κ3) is 3.26. The number of nitrogens with zero attached hydrogens (tertiary/aromatic N) is 1. The summed E-state index contributed by atoms with van der Waals surface area (Å²) in [6.45, 7) is 5.38. The highest BCUT2D eigenvalue weighted by Gasteiger charge is 2.33. The molecule has 5 heteroatoms. The van der Waals surface area contributed by atoms with Crippen LogP contribution in [0.2, 0.25) is 5.02 Å². The normalized spacial score (nSPS) is 24.4. The number of carboxylic acid groups (broad SMARTS) is 1. The summed E-state index contributed by atoms with van der Waals surface area (Å²) < 4.78 is 5.33. The molecule has 0 aromatic heterocycles. The van der Waals surface area contributed by atoms with Crippen molar-refractivity contribution in [3.05, 3.63) is 34.3 Å². The van der Waals surface area contributed by atoms with Crippen molar-refractivity contribution >= 4 is 17.6 Å². The van der Waals surface area contributed by atoms with E-state index >= 15 is 0 Å². The van der Waals surface area contributed by atoms with Gasteiger partial charge in [-0.3, -0.25) is 9.69 Å². The van der Waals surface area contributed by atoms with Gasteiger partial charge >= 0.3 is 5.97 Å². The minimum atomic E-state index is -0.835. The topological polar surface area (TPSA) is 49.8 Å². The Labute approximate surface area is 117 Å². The summed E-state index contributed by atoms with van der Waals surface area (Å²) in [7, 11) is 0. The highest BCUT2D eigenvalue weighted by molar-refractivity contribution is 6.30. The SMILES string of the molecule is Cc1cc(Cl)ccc1CN1[C@H](C)COC[C@@H]1C(=O)O. The van der Waals surface area contributed by atoms with Crippen LogP contribution in [0.15, 0.2) is 18.2 Å². The van der Waals surface area contributed by atoms with Crippen LogP contribution < -0.4 is 0 Å². The van der Waals surface area contributed by atoms with Crippen molar-refractivity contribution in [2.24, 2.45) is 0 Å². The molecule has 2 atom stereocenters. The van der Waals surface area contributed by atoms with Crippen LogP contribution in [0.3, 0.4) is 0 Å². The summed E-state index contributed by atoms with van der Waals surface area (Å²) in [5.41, 5.74) is 2.18. The molecule has 0 aliphatic carbocycles. The third-order valence-electron chi connectivity index (χ3n) is 3.54. The van der Waals surface area contributed by atoms with E-state index in [0.29, 0.717) is 18.2 Å². The molecule has 0 unspecified atom stereocenters. The zero-order valence-corrected chi connectivity index (χ0v) is 11.9. The number of ether oxygens (including phenoxy) is 1.